The van der Waals surface area contributed by atoms with Crippen molar-refractivity contribution in [3.8, 4) is 0 Å². The first-order chi connectivity index (χ1) is 10.0. The SMILES string of the molecule is CN1C2=C(C(=O)c3ccccc32)c2ccccc2S1(=O)=O. The third-order valence-electron chi connectivity index (χ3n) is 4.00. The maximum absolute atomic E-state index is 12.7. The van der Waals surface area contributed by atoms with Crippen LogP contribution in [-0.2, 0) is 10.0 Å². The molecule has 0 atom stereocenters. The van der Waals surface area contributed by atoms with Gasteiger partial charge >= 0.3 is 0 Å². The molecule has 0 N–H and O–H groups in total. The van der Waals surface area contributed by atoms with Crippen LogP contribution in [0.1, 0.15) is 21.5 Å². The van der Waals surface area contributed by atoms with Crippen LogP contribution in [0.15, 0.2) is 53.4 Å². The van der Waals surface area contributed by atoms with E-state index < -0.39 is 10.0 Å². The van der Waals surface area contributed by atoms with Crippen molar-refractivity contribution in [1.82, 2.24) is 4.31 Å². The lowest BCUT2D eigenvalue weighted by molar-refractivity contribution is 0.105. The van der Waals surface area contributed by atoms with Crippen LogP contribution < -0.4 is 0 Å². The molecule has 104 valence electrons. The van der Waals surface area contributed by atoms with Gasteiger partial charge in [0.1, 0.15) is 0 Å². The highest BCUT2D eigenvalue weighted by Gasteiger charge is 2.42. The van der Waals surface area contributed by atoms with Crippen LogP contribution in [0.3, 0.4) is 0 Å². The molecule has 1 aliphatic carbocycles. The van der Waals surface area contributed by atoms with Crippen LogP contribution >= 0.6 is 0 Å². The largest absolute Gasteiger partial charge is 0.288 e. The topological polar surface area (TPSA) is 54.5 Å². The Bertz CT molecular complexity index is 941. The van der Waals surface area contributed by atoms with E-state index in [-0.39, 0.29) is 10.7 Å². The zero-order valence-electron chi connectivity index (χ0n) is 11.2. The highest BCUT2D eigenvalue weighted by Crippen LogP contribution is 2.46. The molecule has 0 saturated carbocycles. The lowest BCUT2D eigenvalue weighted by Crippen LogP contribution is -2.30. The van der Waals surface area contributed by atoms with E-state index in [1.165, 1.54) is 11.4 Å². The van der Waals surface area contributed by atoms with Gasteiger partial charge in [-0.25, -0.2) is 8.42 Å². The maximum Gasteiger partial charge on any atom is 0.264 e. The summed E-state index contributed by atoms with van der Waals surface area (Å²) in [7, 11) is -2.12. The molecule has 0 bridgehead atoms. The first-order valence-corrected chi connectivity index (χ1v) is 7.94. The van der Waals surface area contributed by atoms with Crippen LogP contribution in [0.5, 0.6) is 0 Å². The fourth-order valence-corrected chi connectivity index (χ4v) is 4.43. The lowest BCUT2D eigenvalue weighted by atomic mass is 10.0. The zero-order valence-corrected chi connectivity index (χ0v) is 12.0. The maximum atomic E-state index is 12.7. The molecule has 0 aromatic heterocycles. The summed E-state index contributed by atoms with van der Waals surface area (Å²) in [6.45, 7) is 0. The smallest absolute Gasteiger partial charge is 0.264 e. The molecule has 4 rings (SSSR count). The molecule has 1 heterocycles. The molecule has 0 saturated heterocycles. The Balaban J connectivity index is 2.16. The summed E-state index contributed by atoms with van der Waals surface area (Å²) in [5, 5.41) is 0. The summed E-state index contributed by atoms with van der Waals surface area (Å²) in [5.41, 5.74) is 2.68. The van der Waals surface area contributed by atoms with E-state index in [2.05, 4.69) is 0 Å². The third-order valence-corrected chi connectivity index (χ3v) is 5.82. The van der Waals surface area contributed by atoms with E-state index in [1.54, 1.807) is 42.5 Å². The van der Waals surface area contributed by atoms with Crippen LogP contribution in [0.4, 0.5) is 0 Å². The van der Waals surface area contributed by atoms with Crippen molar-refractivity contribution in [2.24, 2.45) is 0 Å². The predicted octanol–water partition coefficient (Wildman–Crippen LogP) is 2.39. The minimum atomic E-state index is -3.62. The van der Waals surface area contributed by atoms with E-state index >= 15 is 0 Å². The summed E-state index contributed by atoms with van der Waals surface area (Å²) >= 11 is 0. The van der Waals surface area contributed by atoms with E-state index in [4.69, 9.17) is 0 Å². The molecule has 0 spiro atoms. The van der Waals surface area contributed by atoms with Gasteiger partial charge in [-0.2, -0.15) is 0 Å². The van der Waals surface area contributed by atoms with E-state index in [0.29, 0.717) is 28.0 Å². The van der Waals surface area contributed by atoms with Gasteiger partial charge in [0.25, 0.3) is 10.0 Å². The summed E-state index contributed by atoms with van der Waals surface area (Å²) < 4.78 is 26.5. The molecule has 2 aromatic rings. The Hall–Kier alpha value is -2.40. The minimum Gasteiger partial charge on any atom is -0.288 e. The number of ketones is 1. The van der Waals surface area contributed by atoms with Crippen molar-refractivity contribution in [2.75, 3.05) is 7.05 Å². The normalized spacial score (nSPS) is 18.3. The summed E-state index contributed by atoms with van der Waals surface area (Å²) in [6.07, 6.45) is 0. The predicted molar refractivity (Wildman–Crippen MR) is 79.0 cm³/mol. The molecular weight excluding hydrogens is 286 g/mol. The number of carbonyl (C=O) groups excluding carboxylic acids is 1. The van der Waals surface area contributed by atoms with Crippen molar-refractivity contribution < 1.29 is 13.2 Å². The monoisotopic (exact) mass is 297 g/mol. The number of sulfonamides is 1. The van der Waals surface area contributed by atoms with Crippen molar-refractivity contribution in [3.63, 3.8) is 0 Å². The Morgan fingerprint density at radius 2 is 1.43 bits per heavy atom. The van der Waals surface area contributed by atoms with Gasteiger partial charge in [-0.1, -0.05) is 42.5 Å². The second-order valence-electron chi connectivity index (χ2n) is 5.07. The first kappa shape index (κ1) is 12.3. The first-order valence-electron chi connectivity index (χ1n) is 6.50. The molecule has 0 unspecified atom stereocenters. The lowest BCUT2D eigenvalue weighted by Gasteiger charge is -2.28. The van der Waals surface area contributed by atoms with Gasteiger partial charge in [0.05, 0.1) is 16.2 Å². The molecule has 1 aliphatic heterocycles. The molecule has 2 aliphatic rings. The number of allylic oxidation sites excluding steroid dienone is 1. The van der Waals surface area contributed by atoms with Gasteiger partial charge in [0, 0.05) is 23.7 Å². The van der Waals surface area contributed by atoms with Crippen LogP contribution in [0, 0.1) is 0 Å². The Labute approximate surface area is 122 Å². The van der Waals surface area contributed by atoms with Crippen LogP contribution in [-0.4, -0.2) is 25.6 Å². The second kappa shape index (κ2) is 3.83. The van der Waals surface area contributed by atoms with Crippen LogP contribution in [0.2, 0.25) is 0 Å². The third kappa shape index (κ3) is 1.39. The highest BCUT2D eigenvalue weighted by atomic mass is 32.2. The fraction of sp³-hybridized carbons (Fsp3) is 0.0625. The number of hydrogen-bond donors (Lipinski definition) is 0. The van der Waals surface area contributed by atoms with E-state index in [0.717, 1.165) is 0 Å². The molecule has 4 nitrogen and oxygen atoms in total. The molecule has 0 fully saturated rings. The molecule has 0 amide bonds. The standard InChI is InChI=1S/C16H11NO3S/c1-17-15-10-6-2-3-7-11(10)16(18)14(15)12-8-4-5-9-13(12)21(17,19)20/h2-9H,1H3. The Morgan fingerprint density at radius 3 is 2.14 bits per heavy atom. The quantitative estimate of drug-likeness (QED) is 0.750. The highest BCUT2D eigenvalue weighted by molar-refractivity contribution is 7.89. The summed E-state index contributed by atoms with van der Waals surface area (Å²) in [6, 6.07) is 13.8. The van der Waals surface area contributed by atoms with Crippen molar-refractivity contribution >= 4 is 27.1 Å². The molecule has 21 heavy (non-hydrogen) atoms. The van der Waals surface area contributed by atoms with E-state index in [1.807, 2.05) is 6.07 Å². The Morgan fingerprint density at radius 1 is 0.857 bits per heavy atom. The molecule has 2 aromatic carbocycles. The number of carbonyl (C=O) groups is 1. The van der Waals surface area contributed by atoms with E-state index in [9.17, 15) is 13.2 Å². The van der Waals surface area contributed by atoms with Crippen LogP contribution in [0.25, 0.3) is 11.3 Å². The Kier molecular flexibility index (Phi) is 2.25. The number of fused-ring (bicyclic) bond motifs is 4. The van der Waals surface area contributed by atoms with Crippen molar-refractivity contribution in [3.05, 3.63) is 65.2 Å². The molecule has 5 heteroatoms. The van der Waals surface area contributed by atoms with Crippen molar-refractivity contribution in [2.45, 2.75) is 4.90 Å². The molecular formula is C16H11NO3S. The summed E-state index contributed by atoms with van der Waals surface area (Å²) in [5.74, 6) is -0.116. The van der Waals surface area contributed by atoms with Crippen molar-refractivity contribution in [1.29, 1.82) is 0 Å². The average molecular weight is 297 g/mol. The van der Waals surface area contributed by atoms with Gasteiger partial charge in [-0.05, 0) is 6.07 Å². The van der Waals surface area contributed by atoms with Gasteiger partial charge in [-0.15, -0.1) is 0 Å². The summed E-state index contributed by atoms with van der Waals surface area (Å²) in [4.78, 5) is 12.9. The van der Waals surface area contributed by atoms with Gasteiger partial charge in [-0.3, -0.25) is 9.10 Å². The number of benzene rings is 2. The van der Waals surface area contributed by atoms with Gasteiger partial charge in [0.2, 0.25) is 0 Å². The molecule has 0 radical (unpaired) electrons. The average Bonchev–Trinajstić information content (AvgIpc) is 2.79. The fourth-order valence-electron chi connectivity index (χ4n) is 3.01. The van der Waals surface area contributed by atoms with Gasteiger partial charge < -0.3 is 0 Å². The minimum absolute atomic E-state index is 0.116. The zero-order chi connectivity index (χ0) is 14.8. The number of hydrogen-bond acceptors (Lipinski definition) is 3. The number of Topliss-reactive ketones (excluding diaryl/α,β-unsaturated/α-hetero) is 1. The number of nitrogens with zero attached hydrogens (tertiary/aromatic N) is 1. The number of rotatable bonds is 0. The second-order valence-corrected chi connectivity index (χ2v) is 7.00. The van der Waals surface area contributed by atoms with Gasteiger partial charge in [0.15, 0.2) is 5.78 Å².